The van der Waals surface area contributed by atoms with Crippen molar-refractivity contribution in [3.8, 4) is 0 Å². The summed E-state index contributed by atoms with van der Waals surface area (Å²) < 4.78 is 16.8. The Morgan fingerprint density at radius 1 is 0.324 bits per heavy atom. The predicted molar refractivity (Wildman–Crippen MR) is 293 cm³/mol. The van der Waals surface area contributed by atoms with Crippen molar-refractivity contribution in [3.63, 3.8) is 0 Å². The van der Waals surface area contributed by atoms with E-state index in [-0.39, 0.29) is 31.1 Å². The van der Waals surface area contributed by atoms with Crippen molar-refractivity contribution in [2.45, 2.75) is 239 Å². The Morgan fingerprint density at radius 2 is 0.647 bits per heavy atom. The van der Waals surface area contributed by atoms with Crippen LogP contribution in [0.4, 0.5) is 0 Å². The van der Waals surface area contributed by atoms with E-state index >= 15 is 0 Å². The summed E-state index contributed by atoms with van der Waals surface area (Å²) in [5, 5.41) is 0. The Morgan fingerprint density at radius 3 is 1.10 bits per heavy atom. The van der Waals surface area contributed by atoms with Crippen molar-refractivity contribution in [3.05, 3.63) is 122 Å². The summed E-state index contributed by atoms with van der Waals surface area (Å²) in [4.78, 5) is 38.1. The maximum absolute atomic E-state index is 12.8. The molecule has 0 saturated carbocycles. The molecular formula is C62H100O6. The van der Waals surface area contributed by atoms with Crippen LogP contribution in [0.3, 0.4) is 0 Å². The average molecular weight is 941 g/mol. The minimum atomic E-state index is -0.814. The third-order valence-electron chi connectivity index (χ3n) is 11.4. The van der Waals surface area contributed by atoms with E-state index in [1.165, 1.54) is 103 Å². The summed E-state index contributed by atoms with van der Waals surface area (Å²) in [7, 11) is 0. The molecule has 0 aliphatic rings. The number of rotatable bonds is 48. The Hall–Kier alpha value is -4.19. The Balaban J connectivity index is 4.49. The van der Waals surface area contributed by atoms with Gasteiger partial charge in [-0.1, -0.05) is 264 Å². The van der Waals surface area contributed by atoms with Gasteiger partial charge in [-0.2, -0.15) is 0 Å². The number of carbonyl (C=O) groups is 3. The Bertz CT molecular complexity index is 1450. The minimum absolute atomic E-state index is 0.114. The first kappa shape index (κ1) is 63.8. The number of hydrogen-bond donors (Lipinski definition) is 0. The van der Waals surface area contributed by atoms with E-state index in [0.717, 1.165) is 89.9 Å². The fourth-order valence-electron chi connectivity index (χ4n) is 7.32. The van der Waals surface area contributed by atoms with Crippen molar-refractivity contribution >= 4 is 17.9 Å². The molecule has 0 aliphatic carbocycles. The summed E-state index contributed by atoms with van der Waals surface area (Å²) >= 11 is 0. The van der Waals surface area contributed by atoms with Gasteiger partial charge in [0.05, 0.1) is 0 Å². The lowest BCUT2D eigenvalue weighted by Gasteiger charge is -2.18. The quantitative estimate of drug-likeness (QED) is 0.0199. The number of hydrogen-bond acceptors (Lipinski definition) is 6. The van der Waals surface area contributed by atoms with E-state index in [4.69, 9.17) is 14.2 Å². The third-order valence-corrected chi connectivity index (χ3v) is 11.4. The molecule has 0 spiro atoms. The van der Waals surface area contributed by atoms with Gasteiger partial charge in [-0.05, 0) is 70.6 Å². The number of allylic oxidation sites excluding steroid dienone is 20. The summed E-state index contributed by atoms with van der Waals surface area (Å²) in [5.41, 5.74) is 0. The molecule has 384 valence electrons. The van der Waals surface area contributed by atoms with E-state index in [1.54, 1.807) is 0 Å². The third kappa shape index (κ3) is 52.8. The summed E-state index contributed by atoms with van der Waals surface area (Å²) in [6.45, 7) is 6.30. The molecule has 0 aromatic heterocycles. The van der Waals surface area contributed by atoms with Gasteiger partial charge < -0.3 is 14.2 Å². The van der Waals surface area contributed by atoms with Crippen molar-refractivity contribution in [1.82, 2.24) is 0 Å². The molecule has 1 atom stereocenters. The lowest BCUT2D eigenvalue weighted by atomic mass is 10.0. The van der Waals surface area contributed by atoms with Crippen molar-refractivity contribution < 1.29 is 28.6 Å². The maximum Gasteiger partial charge on any atom is 0.306 e. The van der Waals surface area contributed by atoms with Gasteiger partial charge in [0.2, 0.25) is 0 Å². The molecule has 1 unspecified atom stereocenters. The SMILES string of the molecule is CC\C=C/C=C\C=C/C=C\C=C\C=C/C=C\CCCCCC(=O)OCC(COC(=O)CCCC/C=C\C/C=C\C/C=C\CC)OC(=O)CCCCCCCCCCCCCCCCCCCCC. The molecule has 0 aromatic rings. The van der Waals surface area contributed by atoms with Crippen LogP contribution in [0.2, 0.25) is 0 Å². The number of unbranched alkanes of at least 4 members (excludes halogenated alkanes) is 23. The van der Waals surface area contributed by atoms with Gasteiger partial charge in [0.25, 0.3) is 0 Å². The lowest BCUT2D eigenvalue weighted by Crippen LogP contribution is -2.30. The summed E-state index contributed by atoms with van der Waals surface area (Å²) in [6, 6.07) is 0. The highest BCUT2D eigenvalue weighted by Crippen LogP contribution is 2.16. The Labute approximate surface area is 418 Å². The number of esters is 3. The monoisotopic (exact) mass is 941 g/mol. The molecule has 0 saturated heterocycles. The highest BCUT2D eigenvalue weighted by molar-refractivity contribution is 5.71. The van der Waals surface area contributed by atoms with Gasteiger partial charge in [-0.15, -0.1) is 0 Å². The number of carbonyl (C=O) groups excluding carboxylic acids is 3. The molecule has 6 nitrogen and oxygen atoms in total. The second-order valence-electron chi connectivity index (χ2n) is 17.9. The van der Waals surface area contributed by atoms with Gasteiger partial charge in [-0.3, -0.25) is 14.4 Å². The van der Waals surface area contributed by atoms with Gasteiger partial charge >= 0.3 is 17.9 Å². The first-order valence-corrected chi connectivity index (χ1v) is 27.6. The molecular weight excluding hydrogens is 841 g/mol. The van der Waals surface area contributed by atoms with Crippen LogP contribution in [0.5, 0.6) is 0 Å². The first-order valence-electron chi connectivity index (χ1n) is 27.6. The largest absolute Gasteiger partial charge is 0.462 e. The zero-order valence-electron chi connectivity index (χ0n) is 43.8. The van der Waals surface area contributed by atoms with Crippen LogP contribution >= 0.6 is 0 Å². The van der Waals surface area contributed by atoms with Crippen LogP contribution in [0.15, 0.2) is 122 Å². The maximum atomic E-state index is 12.8. The van der Waals surface area contributed by atoms with Crippen LogP contribution in [0.25, 0.3) is 0 Å². The van der Waals surface area contributed by atoms with Gasteiger partial charge in [0, 0.05) is 19.3 Å². The minimum Gasteiger partial charge on any atom is -0.462 e. The lowest BCUT2D eigenvalue weighted by molar-refractivity contribution is -0.167. The second kappa shape index (κ2) is 55.4. The summed E-state index contributed by atoms with van der Waals surface area (Å²) in [5.74, 6) is -0.996. The highest BCUT2D eigenvalue weighted by Gasteiger charge is 2.19. The van der Waals surface area contributed by atoms with Crippen LogP contribution < -0.4 is 0 Å². The predicted octanol–water partition coefficient (Wildman–Crippen LogP) is 18.5. The first-order chi connectivity index (χ1) is 33.5. The highest BCUT2D eigenvalue weighted by atomic mass is 16.6. The molecule has 0 amide bonds. The van der Waals surface area contributed by atoms with Crippen LogP contribution in [-0.2, 0) is 28.6 Å². The molecule has 0 bridgehead atoms. The van der Waals surface area contributed by atoms with Crippen LogP contribution in [-0.4, -0.2) is 37.2 Å². The molecule has 0 fully saturated rings. The molecule has 0 aliphatic heterocycles. The smallest absolute Gasteiger partial charge is 0.306 e. The van der Waals surface area contributed by atoms with Crippen molar-refractivity contribution in [2.24, 2.45) is 0 Å². The zero-order valence-corrected chi connectivity index (χ0v) is 43.8. The van der Waals surface area contributed by atoms with E-state index in [2.05, 4.69) is 69.4 Å². The van der Waals surface area contributed by atoms with E-state index in [9.17, 15) is 14.4 Å². The fraction of sp³-hybridized carbons (Fsp3) is 0.629. The van der Waals surface area contributed by atoms with E-state index < -0.39 is 6.10 Å². The average Bonchev–Trinajstić information content (AvgIpc) is 3.34. The second-order valence-corrected chi connectivity index (χ2v) is 17.9. The number of ether oxygens (including phenoxy) is 3. The molecule has 0 radical (unpaired) electrons. The van der Waals surface area contributed by atoms with Gasteiger partial charge in [0.15, 0.2) is 6.10 Å². The zero-order chi connectivity index (χ0) is 49.3. The molecule has 0 rings (SSSR count). The molecule has 0 N–H and O–H groups in total. The van der Waals surface area contributed by atoms with Crippen molar-refractivity contribution in [2.75, 3.05) is 13.2 Å². The Kier molecular flexibility index (Phi) is 52.0. The van der Waals surface area contributed by atoms with Crippen LogP contribution in [0, 0.1) is 0 Å². The molecule has 68 heavy (non-hydrogen) atoms. The van der Waals surface area contributed by atoms with E-state index in [0.29, 0.717) is 19.3 Å². The van der Waals surface area contributed by atoms with Gasteiger partial charge in [-0.25, -0.2) is 0 Å². The molecule has 0 heterocycles. The normalized spacial score (nSPS) is 13.0. The van der Waals surface area contributed by atoms with Crippen LogP contribution in [0.1, 0.15) is 233 Å². The topological polar surface area (TPSA) is 78.9 Å². The molecule has 0 aromatic carbocycles. The summed E-state index contributed by atoms with van der Waals surface area (Å²) in [6.07, 6.45) is 76.2. The van der Waals surface area contributed by atoms with Gasteiger partial charge in [0.1, 0.15) is 13.2 Å². The standard InChI is InChI=1S/C62H100O6/c1-4-7-10-13-16-19-22-25-27-29-31-33-35-37-40-43-46-49-52-55-61(64)67-58-59(57-66-60(63)54-51-48-45-42-39-24-21-18-15-12-9-6-3)68-62(65)56-53-50-47-44-41-38-36-34-32-30-28-26-23-20-17-14-11-8-5-2/h7,9-10,12-13,16,18-19,21-22,25,27,29,31,33,35,37,39-40,42,59H,4-6,8,11,14-15,17,20,23-24,26,28,30,32,34,36,38,41,43-58H2,1-3H3/b10-7-,12-9-,16-13-,21-18-,22-19-,27-25-,31-29+,35-33-,40-37-,42-39-. The van der Waals surface area contributed by atoms with Crippen molar-refractivity contribution in [1.29, 1.82) is 0 Å². The molecule has 6 heteroatoms. The van der Waals surface area contributed by atoms with E-state index in [1.807, 2.05) is 72.9 Å². The fourth-order valence-corrected chi connectivity index (χ4v) is 7.32.